The topological polar surface area (TPSA) is 137 Å². The molecule has 0 amide bonds. The van der Waals surface area contributed by atoms with Gasteiger partial charge in [-0.15, -0.1) is 0 Å². The van der Waals surface area contributed by atoms with Crippen LogP contribution >= 0.6 is 0 Å². The molecule has 2 heterocycles. The second-order valence-electron chi connectivity index (χ2n) is 6.45. The molecule has 0 unspecified atom stereocenters. The molecule has 0 radical (unpaired) electrons. The predicted molar refractivity (Wildman–Crippen MR) is 92.0 cm³/mol. The van der Waals surface area contributed by atoms with Crippen molar-refractivity contribution < 1.29 is 28.9 Å². The molecule has 0 bridgehead atoms. The Labute approximate surface area is 155 Å². The fraction of sp³-hybridized carbons (Fsp3) is 0.647. The zero-order valence-corrected chi connectivity index (χ0v) is 15.5. The fourth-order valence-electron chi connectivity index (χ4n) is 3.19. The van der Waals surface area contributed by atoms with Gasteiger partial charge in [0, 0.05) is 31.5 Å². The van der Waals surface area contributed by atoms with E-state index < -0.39 is 54.1 Å². The van der Waals surface area contributed by atoms with Gasteiger partial charge in [0.1, 0.15) is 18.4 Å². The van der Waals surface area contributed by atoms with Crippen molar-refractivity contribution in [1.82, 2.24) is 9.55 Å². The summed E-state index contributed by atoms with van der Waals surface area (Å²) in [5, 5.41) is 9.61. The summed E-state index contributed by atoms with van der Waals surface area (Å²) in [5.41, 5.74) is -0.856. The van der Waals surface area contributed by atoms with Gasteiger partial charge in [0.05, 0.1) is 13.2 Å². The number of rotatable bonds is 7. The van der Waals surface area contributed by atoms with Gasteiger partial charge in [-0.3, -0.25) is 23.9 Å². The highest BCUT2D eigenvalue weighted by atomic mass is 16.6. The number of hydrogen-bond acceptors (Lipinski definition) is 8. The monoisotopic (exact) mass is 384 g/mol. The van der Waals surface area contributed by atoms with Gasteiger partial charge in [-0.25, -0.2) is 4.79 Å². The van der Waals surface area contributed by atoms with E-state index in [1.54, 1.807) is 6.92 Å². The van der Waals surface area contributed by atoms with Crippen molar-refractivity contribution in [3.8, 4) is 0 Å². The van der Waals surface area contributed by atoms with Crippen LogP contribution in [0.1, 0.15) is 38.5 Å². The molecular formula is C17H24N2O8. The third kappa shape index (κ3) is 5.04. The third-order valence-electron chi connectivity index (χ3n) is 4.36. The molecule has 10 nitrogen and oxygen atoms in total. The second-order valence-corrected chi connectivity index (χ2v) is 6.45. The Balaban J connectivity index is 2.32. The van der Waals surface area contributed by atoms with Gasteiger partial charge in [-0.1, -0.05) is 0 Å². The minimum absolute atomic E-state index is 0.161. The van der Waals surface area contributed by atoms with Gasteiger partial charge in [0.2, 0.25) is 0 Å². The lowest BCUT2D eigenvalue weighted by Gasteiger charge is -2.24. The van der Waals surface area contributed by atoms with Crippen LogP contribution in [0.4, 0.5) is 0 Å². The number of aliphatic hydroxyl groups excluding tert-OH is 1. The lowest BCUT2D eigenvalue weighted by molar-refractivity contribution is -0.151. The van der Waals surface area contributed by atoms with Crippen molar-refractivity contribution in [1.29, 1.82) is 0 Å². The highest BCUT2D eigenvalue weighted by Gasteiger charge is 2.47. The molecule has 0 aromatic carbocycles. The minimum Gasteiger partial charge on any atom is -0.466 e. The summed E-state index contributed by atoms with van der Waals surface area (Å²) in [6.07, 6.45) is -0.249. The Morgan fingerprint density at radius 3 is 2.59 bits per heavy atom. The number of carbonyl (C=O) groups is 2. The molecule has 2 rings (SSSR count). The normalized spacial score (nSPS) is 24.6. The van der Waals surface area contributed by atoms with Gasteiger partial charge in [-0.05, 0) is 19.8 Å². The Kier molecular flexibility index (Phi) is 6.92. The molecule has 1 aliphatic rings. The van der Waals surface area contributed by atoms with Gasteiger partial charge in [0.15, 0.2) is 0 Å². The van der Waals surface area contributed by atoms with E-state index >= 15 is 0 Å². The van der Waals surface area contributed by atoms with E-state index in [-0.39, 0.29) is 6.61 Å². The van der Waals surface area contributed by atoms with Gasteiger partial charge in [0.25, 0.3) is 5.56 Å². The lowest BCUT2D eigenvalue weighted by atomic mass is 9.94. The van der Waals surface area contributed by atoms with Crippen molar-refractivity contribution in [2.45, 2.75) is 52.0 Å². The number of nitrogens with zero attached hydrogens (tertiary/aromatic N) is 1. The van der Waals surface area contributed by atoms with E-state index in [0.29, 0.717) is 18.4 Å². The van der Waals surface area contributed by atoms with Crippen LogP contribution in [0.15, 0.2) is 15.8 Å². The maximum atomic E-state index is 12.3. The zero-order chi connectivity index (χ0) is 20.1. The summed E-state index contributed by atoms with van der Waals surface area (Å²) in [6.45, 7) is 3.84. The molecule has 1 aromatic rings. The third-order valence-corrected chi connectivity index (χ3v) is 4.36. The van der Waals surface area contributed by atoms with Crippen molar-refractivity contribution >= 4 is 11.9 Å². The first-order valence-corrected chi connectivity index (χ1v) is 8.63. The van der Waals surface area contributed by atoms with Crippen molar-refractivity contribution in [2.24, 2.45) is 5.92 Å². The van der Waals surface area contributed by atoms with Crippen LogP contribution in [-0.4, -0.2) is 52.0 Å². The van der Waals surface area contributed by atoms with Crippen molar-refractivity contribution in [3.63, 3.8) is 0 Å². The minimum atomic E-state index is -0.855. The second kappa shape index (κ2) is 8.96. The Hall–Kier alpha value is -2.46. The Bertz CT molecular complexity index is 799. The number of ether oxygens (including phenoxy) is 3. The zero-order valence-electron chi connectivity index (χ0n) is 15.5. The Morgan fingerprint density at radius 2 is 2.00 bits per heavy atom. The number of aromatic nitrogens is 2. The average molecular weight is 384 g/mol. The van der Waals surface area contributed by atoms with E-state index in [1.807, 2.05) is 0 Å². The molecule has 4 atom stereocenters. The summed E-state index contributed by atoms with van der Waals surface area (Å²) < 4.78 is 17.3. The van der Waals surface area contributed by atoms with Crippen LogP contribution in [0.2, 0.25) is 0 Å². The van der Waals surface area contributed by atoms with Crippen LogP contribution in [0, 0.1) is 12.8 Å². The van der Waals surface area contributed by atoms with Crippen LogP contribution < -0.4 is 11.2 Å². The average Bonchev–Trinajstić information content (AvgIpc) is 2.91. The molecule has 0 saturated carbocycles. The van der Waals surface area contributed by atoms with Gasteiger partial charge >= 0.3 is 17.6 Å². The van der Waals surface area contributed by atoms with Gasteiger partial charge < -0.3 is 19.3 Å². The number of aromatic amines is 1. The highest BCUT2D eigenvalue weighted by molar-refractivity contribution is 5.66. The number of H-pyrrole nitrogens is 1. The van der Waals surface area contributed by atoms with E-state index in [2.05, 4.69) is 4.98 Å². The molecular weight excluding hydrogens is 360 g/mol. The first-order chi connectivity index (χ1) is 12.7. The first-order valence-electron chi connectivity index (χ1n) is 8.63. The molecule has 1 saturated heterocycles. The number of aryl methyl sites for hydroxylation is 1. The van der Waals surface area contributed by atoms with Gasteiger partial charge in [-0.2, -0.15) is 0 Å². The number of carbonyl (C=O) groups excluding carboxylic acids is 2. The van der Waals surface area contributed by atoms with Crippen molar-refractivity contribution in [3.05, 3.63) is 32.6 Å². The smallest absolute Gasteiger partial charge is 0.330 e. The molecule has 1 aliphatic heterocycles. The molecule has 1 aromatic heterocycles. The predicted octanol–water partition coefficient (Wildman–Crippen LogP) is -0.374. The number of aliphatic hydroxyl groups is 1. The van der Waals surface area contributed by atoms with Crippen LogP contribution in [-0.2, 0) is 23.8 Å². The summed E-state index contributed by atoms with van der Waals surface area (Å²) in [4.78, 5) is 48.5. The summed E-state index contributed by atoms with van der Waals surface area (Å²) in [6, 6.07) is 0. The molecule has 0 aliphatic carbocycles. The van der Waals surface area contributed by atoms with E-state index in [0.717, 1.165) is 0 Å². The van der Waals surface area contributed by atoms with Crippen molar-refractivity contribution in [2.75, 3.05) is 13.2 Å². The number of esters is 2. The van der Waals surface area contributed by atoms with E-state index in [4.69, 9.17) is 14.2 Å². The van der Waals surface area contributed by atoms with Crippen LogP contribution in [0.5, 0.6) is 0 Å². The molecule has 27 heavy (non-hydrogen) atoms. The van der Waals surface area contributed by atoms with Crippen LogP contribution in [0.25, 0.3) is 0 Å². The molecule has 2 N–H and O–H groups in total. The summed E-state index contributed by atoms with van der Waals surface area (Å²) >= 11 is 0. The molecule has 150 valence electrons. The Morgan fingerprint density at radius 1 is 1.30 bits per heavy atom. The number of hydrogen-bond donors (Lipinski definition) is 2. The fourth-order valence-corrected chi connectivity index (χ4v) is 3.19. The van der Waals surface area contributed by atoms with E-state index in [9.17, 15) is 24.3 Å². The molecule has 1 fully saturated rings. The first kappa shape index (κ1) is 20.8. The lowest BCUT2D eigenvalue weighted by Crippen LogP contribution is -2.37. The SMILES string of the molecule is CC(=O)OCCC[C@@H]1[C@H](OC(C)=O)[C@@H](CO)O[C@H]1n1cc(C)c(=O)[nH]c1=O. The highest BCUT2D eigenvalue weighted by Crippen LogP contribution is 2.38. The quantitative estimate of drug-likeness (QED) is 0.480. The largest absolute Gasteiger partial charge is 0.466 e. The molecule has 10 heteroatoms. The van der Waals surface area contributed by atoms with E-state index in [1.165, 1.54) is 24.6 Å². The van der Waals surface area contributed by atoms with Crippen LogP contribution in [0.3, 0.4) is 0 Å². The summed E-state index contributed by atoms with van der Waals surface area (Å²) in [5.74, 6) is -1.44. The number of nitrogens with one attached hydrogen (secondary N) is 1. The maximum Gasteiger partial charge on any atom is 0.330 e. The molecule has 0 spiro atoms. The summed E-state index contributed by atoms with van der Waals surface area (Å²) in [7, 11) is 0. The maximum absolute atomic E-state index is 12.3. The standard InChI is InChI=1S/C17H24N2O8/c1-9-7-19(17(24)18-15(9)23)16-12(5-4-6-25-10(2)21)14(26-11(3)22)13(8-20)27-16/h7,12-14,16,20H,4-6,8H2,1-3H3,(H,18,23,24)/t12-,13-,14+,16-/m1/s1.